The molecule has 1 aromatic heterocycles. The molecule has 20 heavy (non-hydrogen) atoms. The lowest BCUT2D eigenvalue weighted by Gasteiger charge is -2.38. The predicted octanol–water partition coefficient (Wildman–Crippen LogP) is 3.58. The fourth-order valence-electron chi connectivity index (χ4n) is 2.65. The molecule has 112 valence electrons. The van der Waals surface area contributed by atoms with E-state index in [9.17, 15) is 4.79 Å². The highest BCUT2D eigenvalue weighted by atomic mass is 32.1. The summed E-state index contributed by atoms with van der Waals surface area (Å²) in [5, 5.41) is 2.74. The van der Waals surface area contributed by atoms with Gasteiger partial charge in [-0.25, -0.2) is 9.78 Å². The van der Waals surface area contributed by atoms with Crippen molar-refractivity contribution in [2.24, 2.45) is 11.3 Å². The van der Waals surface area contributed by atoms with E-state index in [0.717, 1.165) is 24.1 Å². The van der Waals surface area contributed by atoms with Crippen LogP contribution < -0.4 is 4.90 Å². The number of ether oxygens (including phenoxy) is 1. The summed E-state index contributed by atoms with van der Waals surface area (Å²) < 4.78 is 4.98. The molecule has 0 aromatic carbocycles. The number of nitrogens with zero attached hydrogens (tertiary/aromatic N) is 2. The number of hydrogen-bond donors (Lipinski definition) is 0. The van der Waals surface area contributed by atoms with Gasteiger partial charge in [-0.3, -0.25) is 0 Å². The monoisotopic (exact) mass is 296 g/mol. The highest BCUT2D eigenvalue weighted by Gasteiger charge is 2.29. The normalized spacial score (nSPS) is 17.3. The Hall–Kier alpha value is -1.10. The number of esters is 1. The fourth-order valence-corrected chi connectivity index (χ4v) is 3.49. The Bertz CT molecular complexity index is 457. The van der Waals surface area contributed by atoms with Gasteiger partial charge in [0.15, 0.2) is 10.8 Å². The van der Waals surface area contributed by atoms with Gasteiger partial charge in [0.25, 0.3) is 0 Å². The second-order valence-electron chi connectivity index (χ2n) is 6.36. The molecule has 2 heterocycles. The fraction of sp³-hybridized carbons (Fsp3) is 0.733. The quantitative estimate of drug-likeness (QED) is 0.800. The van der Waals surface area contributed by atoms with Crippen molar-refractivity contribution < 1.29 is 9.53 Å². The number of carbonyl (C=O) groups excluding carboxylic acids is 1. The van der Waals surface area contributed by atoms with E-state index in [4.69, 9.17) is 4.74 Å². The molecular formula is C15H24N2O2S. The third-order valence-corrected chi connectivity index (χ3v) is 4.87. The smallest absolute Gasteiger partial charge is 0.357 e. The van der Waals surface area contributed by atoms with Crippen LogP contribution in [0.25, 0.3) is 0 Å². The lowest BCUT2D eigenvalue weighted by atomic mass is 9.75. The Balaban J connectivity index is 1.96. The molecule has 4 nitrogen and oxygen atoms in total. The molecule has 0 spiro atoms. The van der Waals surface area contributed by atoms with Gasteiger partial charge in [-0.15, -0.1) is 11.3 Å². The first-order chi connectivity index (χ1) is 9.41. The second-order valence-corrected chi connectivity index (χ2v) is 7.20. The molecular weight excluding hydrogens is 272 g/mol. The van der Waals surface area contributed by atoms with Crippen LogP contribution in [0.3, 0.4) is 0 Å². The Morgan fingerprint density at radius 3 is 2.65 bits per heavy atom. The van der Waals surface area contributed by atoms with E-state index in [1.165, 1.54) is 24.2 Å². The summed E-state index contributed by atoms with van der Waals surface area (Å²) in [6.07, 6.45) is 2.38. The zero-order chi connectivity index (χ0) is 14.8. The molecule has 1 aliphatic rings. The van der Waals surface area contributed by atoms with Gasteiger partial charge in [0.2, 0.25) is 0 Å². The number of hydrogen-bond acceptors (Lipinski definition) is 5. The Labute approximate surface area is 125 Å². The molecule has 1 saturated heterocycles. The minimum atomic E-state index is -0.320. The van der Waals surface area contributed by atoms with Crippen LogP contribution in [0.4, 0.5) is 5.13 Å². The van der Waals surface area contributed by atoms with E-state index in [-0.39, 0.29) is 5.97 Å². The maximum Gasteiger partial charge on any atom is 0.357 e. The maximum absolute atomic E-state index is 11.6. The van der Waals surface area contributed by atoms with E-state index in [1.54, 1.807) is 5.38 Å². The van der Waals surface area contributed by atoms with E-state index in [2.05, 4.69) is 30.7 Å². The van der Waals surface area contributed by atoms with Gasteiger partial charge in [-0.1, -0.05) is 20.8 Å². The molecule has 5 heteroatoms. The SMILES string of the molecule is CCOC(=O)c1csc(N2CCC(C(C)(C)C)CC2)n1. The van der Waals surface area contributed by atoms with E-state index in [1.807, 2.05) is 6.92 Å². The minimum Gasteiger partial charge on any atom is -0.461 e. The summed E-state index contributed by atoms with van der Waals surface area (Å²) in [5.74, 6) is 0.447. The van der Waals surface area contributed by atoms with Gasteiger partial charge >= 0.3 is 5.97 Å². The predicted molar refractivity (Wildman–Crippen MR) is 82.5 cm³/mol. The molecule has 0 unspecified atom stereocenters. The summed E-state index contributed by atoms with van der Waals surface area (Å²) in [7, 11) is 0. The first-order valence-corrected chi connectivity index (χ1v) is 8.17. The summed E-state index contributed by atoms with van der Waals surface area (Å²) in [6.45, 7) is 11.2. The van der Waals surface area contributed by atoms with Crippen molar-refractivity contribution in [1.29, 1.82) is 0 Å². The Kier molecular flexibility index (Phi) is 4.68. The lowest BCUT2D eigenvalue weighted by molar-refractivity contribution is 0.0520. The number of rotatable bonds is 3. The van der Waals surface area contributed by atoms with Crippen LogP contribution in [0.5, 0.6) is 0 Å². The van der Waals surface area contributed by atoms with Gasteiger partial charge in [0.1, 0.15) is 0 Å². The van der Waals surface area contributed by atoms with Gasteiger partial charge in [0, 0.05) is 18.5 Å². The summed E-state index contributed by atoms with van der Waals surface area (Å²) in [4.78, 5) is 18.3. The summed E-state index contributed by atoms with van der Waals surface area (Å²) in [6, 6.07) is 0. The van der Waals surface area contributed by atoms with Crippen LogP contribution in [0.15, 0.2) is 5.38 Å². The highest BCUT2D eigenvalue weighted by Crippen LogP contribution is 2.36. The average molecular weight is 296 g/mol. The van der Waals surface area contributed by atoms with E-state index < -0.39 is 0 Å². The Morgan fingerprint density at radius 2 is 2.10 bits per heavy atom. The van der Waals surface area contributed by atoms with Gasteiger partial charge in [-0.2, -0.15) is 0 Å². The van der Waals surface area contributed by atoms with Crippen LogP contribution in [-0.2, 0) is 4.74 Å². The van der Waals surface area contributed by atoms with Crippen molar-refractivity contribution in [2.45, 2.75) is 40.5 Å². The lowest BCUT2D eigenvalue weighted by Crippen LogP contribution is -2.38. The van der Waals surface area contributed by atoms with Crippen molar-refractivity contribution in [2.75, 3.05) is 24.6 Å². The maximum atomic E-state index is 11.6. The van der Waals surface area contributed by atoms with Crippen LogP contribution >= 0.6 is 11.3 Å². The van der Waals surface area contributed by atoms with Crippen LogP contribution in [-0.4, -0.2) is 30.6 Å². The summed E-state index contributed by atoms with van der Waals surface area (Å²) >= 11 is 1.53. The summed E-state index contributed by atoms with van der Waals surface area (Å²) in [5.41, 5.74) is 0.815. The van der Waals surface area contributed by atoms with Crippen LogP contribution in [0.1, 0.15) is 51.0 Å². The first-order valence-electron chi connectivity index (χ1n) is 7.29. The van der Waals surface area contributed by atoms with E-state index >= 15 is 0 Å². The molecule has 1 fully saturated rings. The molecule has 0 aliphatic carbocycles. The molecule has 1 aromatic rings. The minimum absolute atomic E-state index is 0.320. The van der Waals surface area contributed by atoms with Crippen molar-refractivity contribution >= 4 is 22.4 Å². The van der Waals surface area contributed by atoms with Crippen molar-refractivity contribution in [3.8, 4) is 0 Å². The average Bonchev–Trinajstić information content (AvgIpc) is 2.88. The van der Waals surface area contributed by atoms with E-state index in [0.29, 0.717) is 17.7 Å². The van der Waals surface area contributed by atoms with Gasteiger partial charge < -0.3 is 9.64 Å². The number of aromatic nitrogens is 1. The Morgan fingerprint density at radius 1 is 1.45 bits per heavy atom. The van der Waals surface area contributed by atoms with Crippen LogP contribution in [0.2, 0.25) is 0 Å². The van der Waals surface area contributed by atoms with Crippen LogP contribution in [0, 0.1) is 11.3 Å². The first kappa shape index (κ1) is 15.3. The number of thiazole rings is 1. The third-order valence-electron chi connectivity index (χ3n) is 3.97. The topological polar surface area (TPSA) is 42.4 Å². The molecule has 0 bridgehead atoms. The molecule has 0 saturated carbocycles. The van der Waals surface area contributed by atoms with Crippen molar-refractivity contribution in [1.82, 2.24) is 4.98 Å². The standard InChI is InChI=1S/C15H24N2O2S/c1-5-19-13(18)12-10-20-14(16-12)17-8-6-11(7-9-17)15(2,3)4/h10-11H,5-9H2,1-4H3. The molecule has 0 radical (unpaired) electrons. The van der Waals surface area contributed by atoms with Crippen molar-refractivity contribution in [3.63, 3.8) is 0 Å². The third kappa shape index (κ3) is 3.51. The van der Waals surface area contributed by atoms with Gasteiger partial charge in [-0.05, 0) is 31.1 Å². The zero-order valence-electron chi connectivity index (χ0n) is 12.8. The zero-order valence-corrected chi connectivity index (χ0v) is 13.6. The van der Waals surface area contributed by atoms with Crippen molar-refractivity contribution in [3.05, 3.63) is 11.1 Å². The van der Waals surface area contributed by atoms with Gasteiger partial charge in [0.05, 0.1) is 6.61 Å². The number of carbonyl (C=O) groups is 1. The molecule has 0 N–H and O–H groups in total. The number of piperidine rings is 1. The largest absolute Gasteiger partial charge is 0.461 e. The molecule has 0 amide bonds. The number of anilines is 1. The highest BCUT2D eigenvalue weighted by molar-refractivity contribution is 7.13. The molecule has 0 atom stereocenters. The second kappa shape index (κ2) is 6.12. The molecule has 2 rings (SSSR count). The molecule has 1 aliphatic heterocycles.